The Morgan fingerprint density at radius 2 is 1.42 bits per heavy atom. The van der Waals surface area contributed by atoms with E-state index < -0.39 is 24.0 Å². The molecular weight excluding hydrogens is 701 g/mol. The minimum Gasteiger partial charge on any atom is -0.379 e. The van der Waals surface area contributed by atoms with Crippen LogP contribution in [0.4, 0.5) is 5.82 Å². The van der Waals surface area contributed by atoms with Gasteiger partial charge in [0.15, 0.2) is 0 Å². The molecule has 13 heteroatoms. The van der Waals surface area contributed by atoms with Crippen molar-refractivity contribution in [2.45, 2.75) is 11.5 Å². The molecule has 2 aliphatic rings. The summed E-state index contributed by atoms with van der Waals surface area (Å²) in [6, 6.07) is 37.8. The maximum Gasteiger partial charge on any atom is 0.364 e. The fraction of sp³-hybridized carbons (Fsp3) is 0.256. The summed E-state index contributed by atoms with van der Waals surface area (Å²) in [5.74, 6) is -0.229. The zero-order valence-corrected chi connectivity index (χ0v) is 30.1. The normalized spacial score (nSPS) is 18.4. The number of nitrogens with zero attached hydrogens (tertiary/aromatic N) is 4. The lowest BCUT2D eigenvalue weighted by Crippen LogP contribution is -2.58. The Hall–Kier alpha value is -4.45. The molecule has 1 aromatic heterocycles. The van der Waals surface area contributed by atoms with Gasteiger partial charge in [-0.25, -0.2) is 9.46 Å². The van der Waals surface area contributed by atoms with E-state index in [0.29, 0.717) is 57.3 Å². The maximum atomic E-state index is 13.9. The fourth-order valence-electron chi connectivity index (χ4n) is 7.11. The highest BCUT2D eigenvalue weighted by Crippen LogP contribution is 2.56. The Balaban J connectivity index is 1.34. The number of amides is 1. The molecule has 0 spiro atoms. The van der Waals surface area contributed by atoms with E-state index in [1.54, 1.807) is 41.2 Å². The number of halogens is 1. The second kappa shape index (κ2) is 16.1. The Labute approximate surface area is 307 Å². The molecule has 2 unspecified atom stereocenters. The summed E-state index contributed by atoms with van der Waals surface area (Å²) in [6.07, 6.45) is 1.62. The number of aromatic nitrogens is 2. The molecule has 2 saturated heterocycles. The summed E-state index contributed by atoms with van der Waals surface area (Å²) >= 11 is 6.62. The van der Waals surface area contributed by atoms with Crippen LogP contribution < -0.4 is 11.0 Å². The molecular formula is C39H39ClN5O6P. The fourth-order valence-corrected chi connectivity index (χ4v) is 8.79. The highest BCUT2D eigenvalue weighted by Gasteiger charge is 2.49. The minimum absolute atomic E-state index is 0.0208. The predicted octanol–water partition coefficient (Wildman–Crippen LogP) is 6.17. The Morgan fingerprint density at radius 3 is 2.08 bits per heavy atom. The SMILES string of the molecule is O=C(Nc1ccn(-c2ccccc2C(c2ccccc2)(c2ccccc2)C2COCCN2COP(=O)(Cl)N2CCOCC2)c(=O)n1)c1ccccc1. The number of ether oxygens (including phenoxy) is 2. The highest BCUT2D eigenvalue weighted by atomic mass is 35.7. The number of hydrogen-bond acceptors (Lipinski definition) is 8. The Bertz CT molecular complexity index is 2040. The van der Waals surface area contributed by atoms with Gasteiger partial charge in [-0.3, -0.25) is 23.4 Å². The molecule has 2 aliphatic heterocycles. The molecule has 4 aromatic carbocycles. The van der Waals surface area contributed by atoms with Crippen LogP contribution in [0.5, 0.6) is 0 Å². The van der Waals surface area contributed by atoms with Crippen molar-refractivity contribution in [3.63, 3.8) is 0 Å². The summed E-state index contributed by atoms with van der Waals surface area (Å²) in [4.78, 5) is 33.2. The number of para-hydroxylation sites is 1. The molecule has 7 rings (SSSR count). The van der Waals surface area contributed by atoms with Crippen molar-refractivity contribution in [1.82, 2.24) is 19.1 Å². The van der Waals surface area contributed by atoms with Crippen molar-refractivity contribution in [1.29, 1.82) is 0 Å². The first-order valence-corrected chi connectivity index (χ1v) is 19.6. The van der Waals surface area contributed by atoms with E-state index in [0.717, 1.165) is 16.7 Å². The largest absolute Gasteiger partial charge is 0.379 e. The van der Waals surface area contributed by atoms with Crippen LogP contribution in [0.2, 0.25) is 0 Å². The average molecular weight is 740 g/mol. The molecule has 11 nitrogen and oxygen atoms in total. The summed E-state index contributed by atoms with van der Waals surface area (Å²) in [7, 11) is 0. The zero-order chi connectivity index (χ0) is 36.0. The van der Waals surface area contributed by atoms with Gasteiger partial charge in [0.2, 0.25) is 0 Å². The number of hydrogen-bond donors (Lipinski definition) is 1. The molecule has 3 heterocycles. The second-order valence-electron chi connectivity index (χ2n) is 12.5. The van der Waals surface area contributed by atoms with Crippen LogP contribution in [0.1, 0.15) is 27.0 Å². The highest BCUT2D eigenvalue weighted by molar-refractivity contribution is 7.83. The molecule has 0 bridgehead atoms. The van der Waals surface area contributed by atoms with E-state index in [1.165, 1.54) is 4.57 Å². The third-order valence-electron chi connectivity index (χ3n) is 9.58. The molecule has 2 fully saturated rings. The first-order valence-electron chi connectivity index (χ1n) is 17.1. The van der Waals surface area contributed by atoms with E-state index in [9.17, 15) is 14.2 Å². The van der Waals surface area contributed by atoms with Crippen LogP contribution in [0.25, 0.3) is 5.69 Å². The Kier molecular flexibility index (Phi) is 11.1. The topological polar surface area (TPSA) is 115 Å². The predicted molar refractivity (Wildman–Crippen MR) is 200 cm³/mol. The van der Waals surface area contributed by atoms with Gasteiger partial charge in [-0.1, -0.05) is 97.1 Å². The van der Waals surface area contributed by atoms with Crippen molar-refractivity contribution in [2.75, 3.05) is 58.1 Å². The average Bonchev–Trinajstić information content (AvgIpc) is 3.20. The quantitative estimate of drug-likeness (QED) is 0.125. The summed E-state index contributed by atoms with van der Waals surface area (Å²) < 4.78 is 34.7. The number of carbonyl (C=O) groups is 1. The van der Waals surface area contributed by atoms with Gasteiger partial charge in [-0.2, -0.15) is 4.98 Å². The molecule has 2 atom stereocenters. The molecule has 0 radical (unpaired) electrons. The van der Waals surface area contributed by atoms with Gasteiger partial charge in [0.1, 0.15) is 12.5 Å². The van der Waals surface area contributed by atoms with Crippen LogP contribution in [-0.2, 0) is 24.0 Å². The van der Waals surface area contributed by atoms with Crippen LogP contribution >= 0.6 is 18.1 Å². The van der Waals surface area contributed by atoms with E-state index >= 15 is 0 Å². The van der Waals surface area contributed by atoms with Gasteiger partial charge in [-0.15, -0.1) is 0 Å². The van der Waals surface area contributed by atoms with Gasteiger partial charge < -0.3 is 14.8 Å². The monoisotopic (exact) mass is 739 g/mol. The first kappa shape index (κ1) is 35.9. The van der Waals surface area contributed by atoms with Crippen LogP contribution in [0.3, 0.4) is 0 Å². The van der Waals surface area contributed by atoms with E-state index in [-0.39, 0.29) is 18.5 Å². The number of carbonyl (C=O) groups excluding carboxylic acids is 1. The van der Waals surface area contributed by atoms with Crippen molar-refractivity contribution < 1.29 is 23.4 Å². The standard InChI is InChI=1S/C39H39ClN5O6P/c40-52(48,44-23-26-49-27-24-44)51-29-43-22-25-50-28-35(43)39(31-14-6-2-7-15-31,32-16-8-3-9-17-32)33-18-10-11-19-34(33)45-21-20-36(42-38(45)47)41-37(46)30-12-4-1-5-13-30/h1-21,35H,22-29H2,(H,41,42,46,47). The summed E-state index contributed by atoms with van der Waals surface area (Å²) in [6.45, 7) is -0.801. The summed E-state index contributed by atoms with van der Waals surface area (Å²) in [5, 5.41) is 2.74. The lowest BCUT2D eigenvalue weighted by atomic mass is 9.63. The van der Waals surface area contributed by atoms with Crippen molar-refractivity contribution in [3.8, 4) is 5.69 Å². The number of nitrogens with one attached hydrogen (secondary N) is 1. The van der Waals surface area contributed by atoms with Crippen LogP contribution in [-0.4, -0.2) is 83.9 Å². The lowest BCUT2D eigenvalue weighted by molar-refractivity contribution is -0.0558. The second-order valence-corrected chi connectivity index (χ2v) is 15.5. The van der Waals surface area contributed by atoms with Crippen molar-refractivity contribution >= 4 is 29.8 Å². The maximum absolute atomic E-state index is 13.9. The molecule has 0 saturated carbocycles. The Morgan fingerprint density at radius 1 is 0.827 bits per heavy atom. The van der Waals surface area contributed by atoms with Gasteiger partial charge in [-0.05, 0) is 52.2 Å². The molecule has 268 valence electrons. The van der Waals surface area contributed by atoms with Crippen molar-refractivity contribution in [3.05, 3.63) is 160 Å². The van der Waals surface area contributed by atoms with Gasteiger partial charge in [0.05, 0.1) is 43.6 Å². The first-order chi connectivity index (χ1) is 25.4. The van der Waals surface area contributed by atoms with Crippen molar-refractivity contribution in [2.24, 2.45) is 0 Å². The minimum atomic E-state index is -3.67. The number of rotatable bonds is 11. The summed E-state index contributed by atoms with van der Waals surface area (Å²) in [5.41, 5.74) is 2.22. The third-order valence-corrected chi connectivity index (χ3v) is 12.0. The van der Waals surface area contributed by atoms with E-state index in [2.05, 4.69) is 39.5 Å². The smallest absolute Gasteiger partial charge is 0.364 e. The van der Waals surface area contributed by atoms with Gasteiger partial charge in [0, 0.05) is 31.4 Å². The number of benzene rings is 4. The zero-order valence-electron chi connectivity index (χ0n) is 28.4. The molecule has 52 heavy (non-hydrogen) atoms. The van der Waals surface area contributed by atoms with Crippen LogP contribution in [0.15, 0.2) is 132 Å². The van der Waals surface area contributed by atoms with Crippen LogP contribution in [0, 0.1) is 0 Å². The molecule has 0 aliphatic carbocycles. The van der Waals surface area contributed by atoms with E-state index in [1.807, 2.05) is 66.7 Å². The molecule has 1 amide bonds. The lowest BCUT2D eigenvalue weighted by Gasteiger charge is -2.49. The van der Waals surface area contributed by atoms with Gasteiger partial charge in [0.25, 0.3) is 5.91 Å². The molecule has 1 N–H and O–H groups in total. The van der Waals surface area contributed by atoms with E-state index in [4.69, 9.17) is 25.2 Å². The molecule has 5 aromatic rings. The third kappa shape index (κ3) is 7.40. The number of anilines is 1. The van der Waals surface area contributed by atoms with Gasteiger partial charge >= 0.3 is 12.6 Å². The number of morpholine rings is 2.